The van der Waals surface area contributed by atoms with Gasteiger partial charge in [-0.2, -0.15) is 0 Å². The van der Waals surface area contributed by atoms with Gasteiger partial charge >= 0.3 is 0 Å². The average molecular weight is 228 g/mol. The van der Waals surface area contributed by atoms with E-state index < -0.39 is 0 Å². The van der Waals surface area contributed by atoms with Gasteiger partial charge in [0.15, 0.2) is 0 Å². The number of nitrogen functional groups attached to an aromatic ring is 1. The van der Waals surface area contributed by atoms with Crippen LogP contribution in [0.4, 0.5) is 5.69 Å². The predicted octanol–water partition coefficient (Wildman–Crippen LogP) is 2.84. The van der Waals surface area contributed by atoms with E-state index in [0.717, 1.165) is 25.0 Å². The van der Waals surface area contributed by atoms with Crippen molar-refractivity contribution in [3.8, 4) is 0 Å². The molecule has 1 aromatic carbocycles. The number of anilines is 1. The van der Waals surface area contributed by atoms with E-state index in [-0.39, 0.29) is 0 Å². The highest BCUT2D eigenvalue weighted by atomic mass is 16.5. The number of fused-ring (bicyclic) bond motifs is 1. The molecule has 0 radical (unpaired) electrons. The van der Waals surface area contributed by atoms with Crippen LogP contribution < -0.4 is 5.73 Å². The predicted molar refractivity (Wildman–Crippen MR) is 66.9 cm³/mol. The molecule has 1 unspecified atom stereocenters. The van der Waals surface area contributed by atoms with Gasteiger partial charge in [-0.05, 0) is 42.9 Å². The van der Waals surface area contributed by atoms with E-state index in [1.807, 2.05) is 0 Å². The molecule has 2 N–H and O–H groups in total. The molecule has 17 heavy (non-hydrogen) atoms. The van der Waals surface area contributed by atoms with E-state index in [4.69, 9.17) is 10.3 Å². The molecule has 3 rings (SSSR count). The molecule has 1 aromatic heterocycles. The van der Waals surface area contributed by atoms with Crippen molar-refractivity contribution in [1.82, 2.24) is 5.16 Å². The van der Waals surface area contributed by atoms with Gasteiger partial charge in [0.2, 0.25) is 0 Å². The van der Waals surface area contributed by atoms with Crippen LogP contribution in [0.3, 0.4) is 0 Å². The van der Waals surface area contributed by atoms with Gasteiger partial charge in [-0.3, -0.25) is 0 Å². The highest BCUT2D eigenvalue weighted by Gasteiger charge is 2.24. The Morgan fingerprint density at radius 2 is 2.29 bits per heavy atom. The summed E-state index contributed by atoms with van der Waals surface area (Å²) in [5.74, 6) is 0.405. The van der Waals surface area contributed by atoms with E-state index in [0.29, 0.717) is 11.6 Å². The first-order valence-electron chi connectivity index (χ1n) is 6.03. The normalized spacial score (nSPS) is 19.0. The minimum Gasteiger partial charge on any atom is -0.395 e. The third-order valence-electron chi connectivity index (χ3n) is 3.73. The Labute approximate surface area is 101 Å². The Bertz CT molecular complexity index is 545. The van der Waals surface area contributed by atoms with E-state index in [1.54, 1.807) is 0 Å². The third kappa shape index (κ3) is 1.71. The Hall–Kier alpha value is -1.77. The average Bonchev–Trinajstić information content (AvgIpc) is 2.76. The number of nitrogens with two attached hydrogens (primary N) is 1. The number of aryl methyl sites for hydroxylation is 2. The smallest absolute Gasteiger partial charge is 0.147 e. The zero-order valence-corrected chi connectivity index (χ0v) is 9.94. The van der Waals surface area contributed by atoms with Gasteiger partial charge in [0, 0.05) is 5.92 Å². The molecule has 0 fully saturated rings. The van der Waals surface area contributed by atoms with Crippen molar-refractivity contribution in [3.05, 3.63) is 46.8 Å². The first-order chi connectivity index (χ1) is 8.25. The van der Waals surface area contributed by atoms with Crippen molar-refractivity contribution in [2.75, 3.05) is 5.73 Å². The molecular weight excluding hydrogens is 212 g/mol. The van der Waals surface area contributed by atoms with Crippen LogP contribution in [-0.4, -0.2) is 5.16 Å². The SMILES string of the molecule is Cc1cccc2c1CC(c1nocc1N)CC2. The third-order valence-corrected chi connectivity index (χ3v) is 3.73. The number of rotatable bonds is 1. The minimum absolute atomic E-state index is 0.405. The van der Waals surface area contributed by atoms with Crippen LogP contribution in [0.1, 0.15) is 34.7 Å². The van der Waals surface area contributed by atoms with Crippen molar-refractivity contribution >= 4 is 5.69 Å². The number of nitrogens with zero attached hydrogens (tertiary/aromatic N) is 1. The second-order valence-corrected chi connectivity index (χ2v) is 4.81. The molecule has 0 aliphatic heterocycles. The van der Waals surface area contributed by atoms with Crippen molar-refractivity contribution < 1.29 is 4.52 Å². The van der Waals surface area contributed by atoms with Gasteiger partial charge in [0.25, 0.3) is 0 Å². The maximum absolute atomic E-state index is 5.87. The summed E-state index contributed by atoms with van der Waals surface area (Å²) >= 11 is 0. The van der Waals surface area contributed by atoms with E-state index in [1.165, 1.54) is 23.0 Å². The molecular formula is C14H16N2O. The highest BCUT2D eigenvalue weighted by Crippen LogP contribution is 2.35. The zero-order chi connectivity index (χ0) is 11.8. The lowest BCUT2D eigenvalue weighted by atomic mass is 9.80. The summed E-state index contributed by atoms with van der Waals surface area (Å²) in [5.41, 5.74) is 11.8. The standard InChI is InChI=1S/C14H16N2O/c1-9-3-2-4-10-5-6-11(7-12(9)10)14-13(15)8-17-16-14/h2-4,8,11H,5-7,15H2,1H3. The molecule has 0 saturated heterocycles. The molecule has 1 aliphatic rings. The van der Waals surface area contributed by atoms with Gasteiger partial charge in [0.1, 0.15) is 12.0 Å². The molecule has 3 nitrogen and oxygen atoms in total. The molecule has 0 spiro atoms. The van der Waals surface area contributed by atoms with Gasteiger partial charge < -0.3 is 10.3 Å². The van der Waals surface area contributed by atoms with Crippen LogP contribution in [0.15, 0.2) is 29.0 Å². The van der Waals surface area contributed by atoms with Crippen molar-refractivity contribution in [2.24, 2.45) is 0 Å². The minimum atomic E-state index is 0.405. The van der Waals surface area contributed by atoms with E-state index in [2.05, 4.69) is 30.3 Å². The fourth-order valence-corrected chi connectivity index (χ4v) is 2.76. The lowest BCUT2D eigenvalue weighted by Crippen LogP contribution is -2.15. The fraction of sp³-hybridized carbons (Fsp3) is 0.357. The molecule has 2 aromatic rings. The molecule has 0 bridgehead atoms. The van der Waals surface area contributed by atoms with Crippen LogP contribution in [0.5, 0.6) is 0 Å². The van der Waals surface area contributed by atoms with Gasteiger partial charge in [-0.15, -0.1) is 0 Å². The number of benzene rings is 1. The molecule has 0 saturated carbocycles. The van der Waals surface area contributed by atoms with Gasteiger partial charge in [-0.1, -0.05) is 23.4 Å². The topological polar surface area (TPSA) is 52.0 Å². The zero-order valence-electron chi connectivity index (χ0n) is 9.94. The molecule has 0 amide bonds. The molecule has 1 aliphatic carbocycles. The summed E-state index contributed by atoms with van der Waals surface area (Å²) in [5, 5.41) is 4.04. The van der Waals surface area contributed by atoms with Crippen LogP contribution >= 0.6 is 0 Å². The molecule has 3 heteroatoms. The van der Waals surface area contributed by atoms with Crippen LogP contribution in [0.25, 0.3) is 0 Å². The number of aromatic nitrogens is 1. The fourth-order valence-electron chi connectivity index (χ4n) is 2.76. The van der Waals surface area contributed by atoms with Crippen molar-refractivity contribution in [3.63, 3.8) is 0 Å². The summed E-state index contributed by atoms with van der Waals surface area (Å²) < 4.78 is 4.94. The lowest BCUT2D eigenvalue weighted by molar-refractivity contribution is 0.399. The monoisotopic (exact) mass is 228 g/mol. The highest BCUT2D eigenvalue weighted by molar-refractivity contribution is 5.45. The number of hydrogen-bond donors (Lipinski definition) is 1. The summed E-state index contributed by atoms with van der Waals surface area (Å²) in [6.45, 7) is 2.17. The van der Waals surface area contributed by atoms with Crippen LogP contribution in [0, 0.1) is 6.92 Å². The van der Waals surface area contributed by atoms with E-state index in [9.17, 15) is 0 Å². The molecule has 88 valence electrons. The molecule has 1 atom stereocenters. The second kappa shape index (κ2) is 3.91. The summed E-state index contributed by atoms with van der Waals surface area (Å²) in [7, 11) is 0. The van der Waals surface area contributed by atoms with Crippen LogP contribution in [0.2, 0.25) is 0 Å². The first-order valence-corrected chi connectivity index (χ1v) is 6.03. The lowest BCUT2D eigenvalue weighted by Gasteiger charge is -2.24. The van der Waals surface area contributed by atoms with Gasteiger partial charge in [-0.25, -0.2) is 0 Å². The summed E-state index contributed by atoms with van der Waals surface area (Å²) in [6.07, 6.45) is 4.77. The first kappa shape index (κ1) is 10.4. The maximum atomic E-state index is 5.87. The number of hydrogen-bond acceptors (Lipinski definition) is 3. The van der Waals surface area contributed by atoms with Crippen molar-refractivity contribution in [2.45, 2.75) is 32.1 Å². The second-order valence-electron chi connectivity index (χ2n) is 4.81. The molecule has 1 heterocycles. The van der Waals surface area contributed by atoms with E-state index >= 15 is 0 Å². The summed E-state index contributed by atoms with van der Waals surface area (Å²) in [4.78, 5) is 0. The largest absolute Gasteiger partial charge is 0.395 e. The Balaban J connectivity index is 1.95. The summed E-state index contributed by atoms with van der Waals surface area (Å²) in [6, 6.07) is 6.54. The Kier molecular flexibility index (Phi) is 2.39. The van der Waals surface area contributed by atoms with Crippen LogP contribution in [-0.2, 0) is 12.8 Å². The Morgan fingerprint density at radius 1 is 1.41 bits per heavy atom. The maximum Gasteiger partial charge on any atom is 0.147 e. The Morgan fingerprint density at radius 3 is 3.06 bits per heavy atom. The van der Waals surface area contributed by atoms with Crippen molar-refractivity contribution in [1.29, 1.82) is 0 Å². The quantitative estimate of drug-likeness (QED) is 0.816. The van der Waals surface area contributed by atoms with Gasteiger partial charge in [0.05, 0.1) is 5.69 Å².